The monoisotopic (exact) mass is 218 g/mol. The van der Waals surface area contributed by atoms with E-state index in [-0.39, 0.29) is 12.5 Å². The van der Waals surface area contributed by atoms with Crippen LogP contribution in [0, 0.1) is 0 Å². The zero-order valence-corrected chi connectivity index (χ0v) is 8.89. The summed E-state index contributed by atoms with van der Waals surface area (Å²) in [5.41, 5.74) is 7.23. The lowest BCUT2D eigenvalue weighted by molar-refractivity contribution is -0.119. The third-order valence-electron chi connectivity index (χ3n) is 2.39. The first-order chi connectivity index (χ1) is 7.81. The predicted octanol–water partition coefficient (Wildman–Crippen LogP) is 0.111. The van der Waals surface area contributed by atoms with Crippen LogP contribution in [0.3, 0.4) is 0 Å². The highest BCUT2D eigenvalue weighted by atomic mass is 16.1. The van der Waals surface area contributed by atoms with Gasteiger partial charge < -0.3 is 15.6 Å². The summed E-state index contributed by atoms with van der Waals surface area (Å²) >= 11 is 0. The minimum Gasteiger partial charge on any atom is -0.353 e. The SMILES string of the molecule is NCC(=O)NCCn1cnc2ccccc21. The Morgan fingerprint density at radius 3 is 3.06 bits per heavy atom. The molecule has 0 aliphatic carbocycles. The van der Waals surface area contributed by atoms with Crippen LogP contribution >= 0.6 is 0 Å². The second-order valence-corrected chi connectivity index (χ2v) is 3.48. The van der Waals surface area contributed by atoms with Crippen LogP contribution in [0.4, 0.5) is 0 Å². The number of carbonyl (C=O) groups excluding carboxylic acids is 1. The van der Waals surface area contributed by atoms with Crippen molar-refractivity contribution >= 4 is 16.9 Å². The molecule has 0 aliphatic rings. The molecule has 84 valence electrons. The minimum absolute atomic E-state index is 0.0324. The van der Waals surface area contributed by atoms with Gasteiger partial charge in [0, 0.05) is 13.1 Å². The van der Waals surface area contributed by atoms with E-state index in [1.54, 1.807) is 6.33 Å². The number of fused-ring (bicyclic) bond motifs is 1. The fraction of sp³-hybridized carbons (Fsp3) is 0.273. The van der Waals surface area contributed by atoms with E-state index < -0.39 is 0 Å². The van der Waals surface area contributed by atoms with E-state index in [9.17, 15) is 4.79 Å². The topological polar surface area (TPSA) is 72.9 Å². The van der Waals surface area contributed by atoms with E-state index >= 15 is 0 Å². The van der Waals surface area contributed by atoms with Gasteiger partial charge in [0.2, 0.25) is 5.91 Å². The number of nitrogens with one attached hydrogen (secondary N) is 1. The second-order valence-electron chi connectivity index (χ2n) is 3.48. The van der Waals surface area contributed by atoms with Crippen LogP contribution in [0.25, 0.3) is 11.0 Å². The van der Waals surface area contributed by atoms with Gasteiger partial charge in [0.25, 0.3) is 0 Å². The molecule has 1 heterocycles. The summed E-state index contributed by atoms with van der Waals surface area (Å²) in [6.45, 7) is 1.30. The van der Waals surface area contributed by atoms with Gasteiger partial charge in [0.15, 0.2) is 0 Å². The van der Waals surface area contributed by atoms with E-state index in [2.05, 4.69) is 10.3 Å². The van der Waals surface area contributed by atoms with E-state index in [0.29, 0.717) is 13.1 Å². The lowest BCUT2D eigenvalue weighted by atomic mass is 10.3. The van der Waals surface area contributed by atoms with Crippen molar-refractivity contribution in [1.82, 2.24) is 14.9 Å². The van der Waals surface area contributed by atoms with Gasteiger partial charge in [0.05, 0.1) is 23.9 Å². The van der Waals surface area contributed by atoms with Crippen molar-refractivity contribution in [3.63, 3.8) is 0 Å². The largest absolute Gasteiger partial charge is 0.353 e. The molecule has 5 heteroatoms. The van der Waals surface area contributed by atoms with Crippen LogP contribution in [0.1, 0.15) is 0 Å². The summed E-state index contributed by atoms with van der Waals surface area (Å²) in [5, 5.41) is 2.72. The molecule has 1 aromatic heterocycles. The number of aromatic nitrogens is 2. The van der Waals surface area contributed by atoms with Crippen molar-refractivity contribution in [3.05, 3.63) is 30.6 Å². The first-order valence-electron chi connectivity index (χ1n) is 5.18. The molecule has 3 N–H and O–H groups in total. The summed E-state index contributed by atoms with van der Waals surface area (Å²) in [6.07, 6.45) is 1.78. The molecule has 16 heavy (non-hydrogen) atoms. The van der Waals surface area contributed by atoms with E-state index in [0.717, 1.165) is 11.0 Å². The Bertz CT molecular complexity index is 491. The minimum atomic E-state index is -0.135. The van der Waals surface area contributed by atoms with Crippen molar-refractivity contribution in [2.24, 2.45) is 5.73 Å². The number of nitrogens with two attached hydrogens (primary N) is 1. The van der Waals surface area contributed by atoms with Crippen LogP contribution in [0.5, 0.6) is 0 Å². The zero-order chi connectivity index (χ0) is 11.4. The van der Waals surface area contributed by atoms with Crippen LogP contribution in [0.2, 0.25) is 0 Å². The number of para-hydroxylation sites is 2. The molecule has 2 rings (SSSR count). The summed E-state index contributed by atoms with van der Waals surface area (Å²) in [7, 11) is 0. The number of benzene rings is 1. The quantitative estimate of drug-likeness (QED) is 0.765. The molecule has 0 saturated heterocycles. The number of nitrogens with zero attached hydrogens (tertiary/aromatic N) is 2. The van der Waals surface area contributed by atoms with Gasteiger partial charge in [-0.3, -0.25) is 4.79 Å². The molecule has 0 fully saturated rings. The van der Waals surface area contributed by atoms with Crippen molar-refractivity contribution < 1.29 is 4.79 Å². The van der Waals surface area contributed by atoms with Crippen LogP contribution in [-0.4, -0.2) is 28.5 Å². The average molecular weight is 218 g/mol. The average Bonchev–Trinajstić information content (AvgIpc) is 2.73. The molecule has 0 saturated carbocycles. The smallest absolute Gasteiger partial charge is 0.233 e. The molecule has 0 atom stereocenters. The Labute approximate surface area is 93.3 Å². The highest BCUT2D eigenvalue weighted by Crippen LogP contribution is 2.10. The van der Waals surface area contributed by atoms with Gasteiger partial charge in [-0.15, -0.1) is 0 Å². The van der Waals surface area contributed by atoms with Gasteiger partial charge in [-0.05, 0) is 12.1 Å². The number of imidazole rings is 1. The number of carbonyl (C=O) groups is 1. The fourth-order valence-corrected chi connectivity index (χ4v) is 1.58. The third kappa shape index (κ3) is 2.20. The van der Waals surface area contributed by atoms with Crippen LogP contribution in [-0.2, 0) is 11.3 Å². The van der Waals surface area contributed by atoms with E-state index in [1.807, 2.05) is 28.8 Å². The summed E-state index contributed by atoms with van der Waals surface area (Å²) < 4.78 is 2.01. The molecular formula is C11H14N4O. The molecule has 0 radical (unpaired) electrons. The zero-order valence-electron chi connectivity index (χ0n) is 8.89. The van der Waals surface area contributed by atoms with Crippen molar-refractivity contribution in [2.75, 3.05) is 13.1 Å². The number of hydrogen-bond acceptors (Lipinski definition) is 3. The Morgan fingerprint density at radius 1 is 1.44 bits per heavy atom. The molecule has 5 nitrogen and oxygen atoms in total. The molecule has 0 bridgehead atoms. The Hall–Kier alpha value is -1.88. The highest BCUT2D eigenvalue weighted by Gasteiger charge is 2.01. The third-order valence-corrected chi connectivity index (χ3v) is 2.39. The first kappa shape index (κ1) is 10.6. The molecular weight excluding hydrogens is 204 g/mol. The summed E-state index contributed by atoms with van der Waals surface area (Å²) in [5.74, 6) is -0.135. The summed E-state index contributed by atoms with van der Waals surface area (Å²) in [4.78, 5) is 15.2. The molecule has 0 aliphatic heterocycles. The van der Waals surface area contributed by atoms with Gasteiger partial charge in [0.1, 0.15) is 0 Å². The Balaban J connectivity index is 2.02. The molecule has 1 amide bonds. The van der Waals surface area contributed by atoms with E-state index in [1.165, 1.54) is 0 Å². The number of hydrogen-bond donors (Lipinski definition) is 2. The van der Waals surface area contributed by atoms with Crippen LogP contribution < -0.4 is 11.1 Å². The normalized spacial score (nSPS) is 10.6. The Kier molecular flexibility index (Phi) is 3.16. The maximum absolute atomic E-state index is 10.9. The highest BCUT2D eigenvalue weighted by molar-refractivity contribution is 5.77. The number of rotatable bonds is 4. The van der Waals surface area contributed by atoms with Gasteiger partial charge in [-0.2, -0.15) is 0 Å². The standard InChI is InChI=1S/C11H14N4O/c12-7-11(16)13-5-6-15-8-14-9-3-1-2-4-10(9)15/h1-4,8H,5-7,12H2,(H,13,16). The maximum atomic E-state index is 10.9. The Morgan fingerprint density at radius 2 is 2.25 bits per heavy atom. The lowest BCUT2D eigenvalue weighted by Gasteiger charge is -2.05. The van der Waals surface area contributed by atoms with Gasteiger partial charge in [-0.25, -0.2) is 4.98 Å². The fourth-order valence-electron chi connectivity index (χ4n) is 1.58. The van der Waals surface area contributed by atoms with Gasteiger partial charge in [-0.1, -0.05) is 12.1 Å². The predicted molar refractivity (Wildman–Crippen MR) is 61.8 cm³/mol. The van der Waals surface area contributed by atoms with Crippen molar-refractivity contribution in [3.8, 4) is 0 Å². The van der Waals surface area contributed by atoms with E-state index in [4.69, 9.17) is 5.73 Å². The molecule has 0 unspecified atom stereocenters. The first-order valence-corrected chi connectivity index (χ1v) is 5.18. The molecule has 2 aromatic rings. The van der Waals surface area contributed by atoms with Crippen molar-refractivity contribution in [2.45, 2.75) is 6.54 Å². The van der Waals surface area contributed by atoms with Crippen LogP contribution in [0.15, 0.2) is 30.6 Å². The number of amides is 1. The lowest BCUT2D eigenvalue weighted by Crippen LogP contribution is -2.32. The maximum Gasteiger partial charge on any atom is 0.233 e. The molecule has 1 aromatic carbocycles. The van der Waals surface area contributed by atoms with Gasteiger partial charge >= 0.3 is 0 Å². The van der Waals surface area contributed by atoms with Crippen molar-refractivity contribution in [1.29, 1.82) is 0 Å². The molecule has 0 spiro atoms. The second kappa shape index (κ2) is 4.76. The summed E-state index contributed by atoms with van der Waals surface area (Å²) in [6, 6.07) is 7.90.